The summed E-state index contributed by atoms with van der Waals surface area (Å²) >= 11 is 3.36. The molecule has 0 amide bonds. The van der Waals surface area contributed by atoms with Crippen molar-refractivity contribution in [3.05, 3.63) is 32.2 Å². The molecule has 0 aromatic carbocycles. The Balaban J connectivity index is 1.70. The summed E-state index contributed by atoms with van der Waals surface area (Å²) in [6.07, 6.45) is 0.935. The van der Waals surface area contributed by atoms with Crippen LogP contribution in [0.5, 0.6) is 0 Å². The molecule has 0 atom stereocenters. The van der Waals surface area contributed by atoms with Gasteiger partial charge in [-0.15, -0.1) is 22.7 Å². The van der Waals surface area contributed by atoms with Gasteiger partial charge in [-0.05, 0) is 14.0 Å². The van der Waals surface area contributed by atoms with Gasteiger partial charge in [0.1, 0.15) is 5.01 Å². The summed E-state index contributed by atoms with van der Waals surface area (Å²) in [5.74, 6) is 0. The number of nitrogens with one attached hydrogen (secondary N) is 1. The van der Waals surface area contributed by atoms with Gasteiger partial charge >= 0.3 is 0 Å². The van der Waals surface area contributed by atoms with Gasteiger partial charge in [0.05, 0.1) is 30.1 Å². The number of ether oxygens (including phenoxy) is 1. The number of thiazole rings is 2. The van der Waals surface area contributed by atoms with Crippen molar-refractivity contribution in [1.29, 1.82) is 0 Å². The minimum absolute atomic E-state index is 0.595. The van der Waals surface area contributed by atoms with E-state index < -0.39 is 0 Å². The fraction of sp³-hybridized carbons (Fsp3) is 0.500. The molecule has 0 saturated heterocycles. The SMILES string of the molecule is CNCc1nc(COCCc2scnc2C)cs1. The molecule has 2 heterocycles. The lowest BCUT2D eigenvalue weighted by molar-refractivity contribution is 0.122. The highest BCUT2D eigenvalue weighted by molar-refractivity contribution is 7.09. The Hall–Kier alpha value is -0.820. The molecule has 0 saturated carbocycles. The van der Waals surface area contributed by atoms with Gasteiger partial charge in [-0.2, -0.15) is 0 Å². The van der Waals surface area contributed by atoms with Gasteiger partial charge in [-0.1, -0.05) is 0 Å². The molecule has 4 nitrogen and oxygen atoms in total. The molecule has 1 N–H and O–H groups in total. The quantitative estimate of drug-likeness (QED) is 0.793. The van der Waals surface area contributed by atoms with Crippen LogP contribution in [0.25, 0.3) is 0 Å². The molecular weight excluding hydrogens is 266 g/mol. The summed E-state index contributed by atoms with van der Waals surface area (Å²) in [5.41, 5.74) is 4.02. The summed E-state index contributed by atoms with van der Waals surface area (Å²) in [7, 11) is 1.93. The molecule has 18 heavy (non-hydrogen) atoms. The molecule has 0 aliphatic carbocycles. The number of aromatic nitrogens is 2. The third-order valence-electron chi connectivity index (χ3n) is 2.50. The van der Waals surface area contributed by atoms with Crippen LogP contribution in [0.1, 0.15) is 21.3 Å². The Bertz CT molecular complexity index is 481. The van der Waals surface area contributed by atoms with E-state index in [4.69, 9.17) is 4.74 Å². The van der Waals surface area contributed by atoms with Crippen molar-refractivity contribution in [3.63, 3.8) is 0 Å². The lowest BCUT2D eigenvalue weighted by Gasteiger charge is -2.01. The van der Waals surface area contributed by atoms with Gasteiger partial charge in [0.25, 0.3) is 0 Å². The van der Waals surface area contributed by atoms with Crippen LogP contribution in [0.3, 0.4) is 0 Å². The van der Waals surface area contributed by atoms with E-state index in [1.165, 1.54) is 4.88 Å². The first-order valence-corrected chi connectivity index (χ1v) is 7.60. The van der Waals surface area contributed by atoms with Gasteiger partial charge in [0.2, 0.25) is 0 Å². The van der Waals surface area contributed by atoms with Crippen molar-refractivity contribution in [2.75, 3.05) is 13.7 Å². The summed E-state index contributed by atoms with van der Waals surface area (Å²) in [4.78, 5) is 10.0. The van der Waals surface area contributed by atoms with Crippen LogP contribution in [-0.2, 0) is 24.3 Å². The average molecular weight is 283 g/mol. The highest BCUT2D eigenvalue weighted by atomic mass is 32.1. The largest absolute Gasteiger partial charge is 0.375 e. The molecule has 2 rings (SSSR count). The molecule has 2 aromatic rings. The second kappa shape index (κ2) is 6.94. The van der Waals surface area contributed by atoms with Crippen molar-refractivity contribution in [3.8, 4) is 0 Å². The van der Waals surface area contributed by atoms with E-state index in [1.54, 1.807) is 22.7 Å². The predicted octanol–water partition coefficient (Wildman–Crippen LogP) is 2.39. The molecule has 0 aliphatic heterocycles. The van der Waals surface area contributed by atoms with E-state index in [1.807, 2.05) is 19.5 Å². The Morgan fingerprint density at radius 2 is 2.28 bits per heavy atom. The van der Waals surface area contributed by atoms with Crippen LogP contribution >= 0.6 is 22.7 Å². The zero-order valence-electron chi connectivity index (χ0n) is 10.6. The van der Waals surface area contributed by atoms with Crippen molar-refractivity contribution in [1.82, 2.24) is 15.3 Å². The first-order valence-electron chi connectivity index (χ1n) is 5.84. The minimum atomic E-state index is 0.595. The van der Waals surface area contributed by atoms with Crippen molar-refractivity contribution in [2.24, 2.45) is 0 Å². The number of hydrogen-bond donors (Lipinski definition) is 1. The van der Waals surface area contributed by atoms with E-state index in [0.29, 0.717) is 6.61 Å². The molecule has 0 spiro atoms. The standard InChI is InChI=1S/C12H17N3OS2/c1-9-11(18-8-14-9)3-4-16-6-10-7-17-12(15-10)5-13-2/h7-8,13H,3-6H2,1-2H3. The first-order chi connectivity index (χ1) is 8.79. The third kappa shape index (κ3) is 3.84. The second-order valence-corrected chi connectivity index (χ2v) is 5.81. The summed E-state index contributed by atoms with van der Waals surface area (Å²) in [5, 5.41) is 6.26. The minimum Gasteiger partial charge on any atom is -0.375 e. The average Bonchev–Trinajstić information content (AvgIpc) is 2.95. The molecule has 2 aromatic heterocycles. The van der Waals surface area contributed by atoms with Crippen LogP contribution in [0.2, 0.25) is 0 Å². The van der Waals surface area contributed by atoms with Crippen LogP contribution in [0, 0.1) is 6.92 Å². The Labute approximate surface area is 115 Å². The molecule has 0 aliphatic rings. The van der Waals surface area contributed by atoms with E-state index in [9.17, 15) is 0 Å². The zero-order chi connectivity index (χ0) is 12.8. The van der Waals surface area contributed by atoms with Crippen molar-refractivity contribution < 1.29 is 4.74 Å². The third-order valence-corrected chi connectivity index (χ3v) is 4.39. The summed E-state index contributed by atoms with van der Waals surface area (Å²) < 4.78 is 5.64. The number of aryl methyl sites for hydroxylation is 1. The van der Waals surface area contributed by atoms with Gasteiger partial charge in [-0.3, -0.25) is 0 Å². The fourth-order valence-electron chi connectivity index (χ4n) is 1.56. The number of hydrogen-bond acceptors (Lipinski definition) is 6. The maximum atomic E-state index is 5.64. The fourth-order valence-corrected chi connectivity index (χ4v) is 3.11. The Morgan fingerprint density at radius 1 is 1.39 bits per heavy atom. The number of nitrogens with zero attached hydrogens (tertiary/aromatic N) is 2. The van der Waals surface area contributed by atoms with E-state index in [-0.39, 0.29) is 0 Å². The van der Waals surface area contributed by atoms with Crippen LogP contribution in [-0.4, -0.2) is 23.6 Å². The smallest absolute Gasteiger partial charge is 0.107 e. The Kier molecular flexibility index (Phi) is 5.25. The predicted molar refractivity (Wildman–Crippen MR) is 75.1 cm³/mol. The monoisotopic (exact) mass is 283 g/mol. The van der Waals surface area contributed by atoms with Gasteiger partial charge in [0.15, 0.2) is 0 Å². The van der Waals surface area contributed by atoms with Gasteiger partial charge in [-0.25, -0.2) is 9.97 Å². The maximum absolute atomic E-state index is 5.64. The lowest BCUT2D eigenvalue weighted by Crippen LogP contribution is -2.05. The second-order valence-electron chi connectivity index (χ2n) is 3.93. The first kappa shape index (κ1) is 13.6. The topological polar surface area (TPSA) is 47.0 Å². The molecule has 6 heteroatoms. The van der Waals surface area contributed by atoms with Gasteiger partial charge in [0, 0.05) is 23.2 Å². The Morgan fingerprint density at radius 3 is 3.00 bits per heavy atom. The van der Waals surface area contributed by atoms with E-state index in [2.05, 4.69) is 20.7 Å². The molecule has 98 valence electrons. The van der Waals surface area contributed by atoms with Crippen molar-refractivity contribution in [2.45, 2.75) is 26.5 Å². The molecular formula is C12H17N3OS2. The summed E-state index contributed by atoms with van der Waals surface area (Å²) in [6.45, 7) is 4.18. The highest BCUT2D eigenvalue weighted by Crippen LogP contribution is 2.14. The summed E-state index contributed by atoms with van der Waals surface area (Å²) in [6, 6.07) is 0. The highest BCUT2D eigenvalue weighted by Gasteiger charge is 2.03. The molecule has 0 fully saturated rings. The van der Waals surface area contributed by atoms with Crippen LogP contribution in [0.4, 0.5) is 0 Å². The van der Waals surface area contributed by atoms with Crippen LogP contribution < -0.4 is 5.32 Å². The van der Waals surface area contributed by atoms with E-state index >= 15 is 0 Å². The lowest BCUT2D eigenvalue weighted by atomic mass is 10.3. The van der Waals surface area contributed by atoms with Crippen molar-refractivity contribution >= 4 is 22.7 Å². The molecule has 0 radical (unpaired) electrons. The molecule has 0 unspecified atom stereocenters. The van der Waals surface area contributed by atoms with Gasteiger partial charge < -0.3 is 10.1 Å². The molecule has 0 bridgehead atoms. The number of rotatable bonds is 7. The zero-order valence-corrected chi connectivity index (χ0v) is 12.2. The maximum Gasteiger partial charge on any atom is 0.107 e. The van der Waals surface area contributed by atoms with E-state index in [0.717, 1.165) is 36.0 Å². The normalized spacial score (nSPS) is 11.0. The van der Waals surface area contributed by atoms with Crippen LogP contribution in [0.15, 0.2) is 10.9 Å².